The summed E-state index contributed by atoms with van der Waals surface area (Å²) >= 11 is 0. The van der Waals surface area contributed by atoms with E-state index in [-0.39, 0.29) is 37.1 Å². The average Bonchev–Trinajstić information content (AvgIpc) is 3.36. The Morgan fingerprint density at radius 3 is 2.49 bits per heavy atom. The van der Waals surface area contributed by atoms with E-state index in [1.165, 1.54) is 24.3 Å². The van der Waals surface area contributed by atoms with Crippen molar-refractivity contribution in [3.05, 3.63) is 100 Å². The van der Waals surface area contributed by atoms with E-state index >= 15 is 0 Å². The standard InChI is InChI=1S/C29H30N4O6/c1-38-27-9-5-2-6-20(27)10-15-28(34)31-18-22(16-21-17-30-26-8-4-3-7-25(21)26)32-29(35)19-39-24-13-11-23(12-14-24)33(36)37/h2-9,11-14,17,22,30H,10,15-16,18-19H2,1H3,(H,31,34)(H,32,35)/t22-/m1/s1. The van der Waals surface area contributed by atoms with Gasteiger partial charge >= 0.3 is 0 Å². The molecule has 0 radical (unpaired) electrons. The Labute approximate surface area is 225 Å². The van der Waals surface area contributed by atoms with E-state index in [4.69, 9.17) is 9.47 Å². The Morgan fingerprint density at radius 2 is 1.72 bits per heavy atom. The topological polar surface area (TPSA) is 136 Å². The molecule has 0 bridgehead atoms. The maximum Gasteiger partial charge on any atom is 0.269 e. The van der Waals surface area contributed by atoms with Crippen molar-refractivity contribution >= 4 is 28.4 Å². The second-order valence-electron chi connectivity index (χ2n) is 8.98. The molecule has 0 aliphatic heterocycles. The number of aromatic amines is 1. The first-order valence-corrected chi connectivity index (χ1v) is 12.5. The fourth-order valence-electron chi connectivity index (χ4n) is 4.31. The van der Waals surface area contributed by atoms with Gasteiger partial charge in [-0.3, -0.25) is 19.7 Å². The van der Waals surface area contributed by atoms with Crippen LogP contribution in [0, 0.1) is 10.1 Å². The van der Waals surface area contributed by atoms with Gasteiger partial charge in [0.25, 0.3) is 11.6 Å². The molecule has 3 aromatic carbocycles. The zero-order chi connectivity index (χ0) is 27.6. The number of para-hydroxylation sites is 2. The number of carbonyl (C=O) groups is 2. The van der Waals surface area contributed by atoms with Crippen molar-refractivity contribution in [2.24, 2.45) is 0 Å². The van der Waals surface area contributed by atoms with Gasteiger partial charge in [-0.05, 0) is 48.2 Å². The SMILES string of the molecule is COc1ccccc1CCC(=O)NC[C@@H](Cc1c[nH]c2ccccc12)NC(=O)COc1ccc([N+](=O)[O-])cc1. The first-order chi connectivity index (χ1) is 18.9. The van der Waals surface area contributed by atoms with Crippen molar-refractivity contribution in [3.63, 3.8) is 0 Å². The molecule has 0 saturated carbocycles. The molecule has 1 atom stereocenters. The van der Waals surface area contributed by atoms with Gasteiger partial charge in [-0.1, -0.05) is 36.4 Å². The number of non-ortho nitro benzene ring substituents is 1. The minimum atomic E-state index is -0.504. The van der Waals surface area contributed by atoms with Gasteiger partial charge in [-0.2, -0.15) is 0 Å². The van der Waals surface area contributed by atoms with Crippen molar-refractivity contribution in [2.75, 3.05) is 20.3 Å². The van der Waals surface area contributed by atoms with Gasteiger partial charge in [-0.25, -0.2) is 0 Å². The van der Waals surface area contributed by atoms with E-state index in [0.717, 1.165) is 27.8 Å². The fraction of sp³-hybridized carbons (Fsp3) is 0.241. The lowest BCUT2D eigenvalue weighted by Crippen LogP contribution is -2.46. The zero-order valence-electron chi connectivity index (χ0n) is 21.5. The van der Waals surface area contributed by atoms with Gasteiger partial charge in [-0.15, -0.1) is 0 Å². The van der Waals surface area contributed by atoms with Gasteiger partial charge in [0.1, 0.15) is 11.5 Å². The quantitative estimate of drug-likeness (QED) is 0.177. The van der Waals surface area contributed by atoms with Crippen LogP contribution in [0.2, 0.25) is 0 Å². The summed E-state index contributed by atoms with van der Waals surface area (Å²) in [7, 11) is 1.60. The predicted molar refractivity (Wildman–Crippen MR) is 147 cm³/mol. The second kappa shape index (κ2) is 13.1. The first kappa shape index (κ1) is 27.2. The predicted octanol–water partition coefficient (Wildman–Crippen LogP) is 3.94. The summed E-state index contributed by atoms with van der Waals surface area (Å²) < 4.78 is 10.9. The number of aryl methyl sites for hydroxylation is 1. The molecule has 0 spiro atoms. The number of hydrogen-bond donors (Lipinski definition) is 3. The first-order valence-electron chi connectivity index (χ1n) is 12.5. The second-order valence-corrected chi connectivity index (χ2v) is 8.98. The number of nitrogens with zero attached hydrogens (tertiary/aromatic N) is 1. The highest BCUT2D eigenvalue weighted by Crippen LogP contribution is 2.21. The molecule has 1 aromatic heterocycles. The monoisotopic (exact) mass is 530 g/mol. The van der Waals surface area contributed by atoms with Crippen molar-refractivity contribution in [1.29, 1.82) is 0 Å². The number of rotatable bonds is 13. The maximum absolute atomic E-state index is 12.7. The largest absolute Gasteiger partial charge is 0.496 e. The molecule has 0 saturated heterocycles. The van der Waals surface area contributed by atoms with Gasteiger partial charge in [0.15, 0.2) is 6.61 Å². The molecule has 10 heteroatoms. The Hall–Kier alpha value is -4.86. The number of nitrogens with one attached hydrogen (secondary N) is 3. The van der Waals surface area contributed by atoms with E-state index in [9.17, 15) is 19.7 Å². The highest BCUT2D eigenvalue weighted by atomic mass is 16.6. The van der Waals surface area contributed by atoms with Crippen LogP contribution in [0.3, 0.4) is 0 Å². The molecule has 39 heavy (non-hydrogen) atoms. The summed E-state index contributed by atoms with van der Waals surface area (Å²) in [4.78, 5) is 39.0. The minimum Gasteiger partial charge on any atom is -0.496 e. The molecular formula is C29H30N4O6. The molecule has 0 aliphatic carbocycles. The van der Waals surface area contributed by atoms with E-state index in [2.05, 4.69) is 15.6 Å². The zero-order valence-corrected chi connectivity index (χ0v) is 21.5. The van der Waals surface area contributed by atoms with Crippen LogP contribution in [-0.2, 0) is 22.4 Å². The molecule has 4 aromatic rings. The van der Waals surface area contributed by atoms with E-state index in [0.29, 0.717) is 18.6 Å². The van der Waals surface area contributed by atoms with Crippen molar-refractivity contribution in [3.8, 4) is 11.5 Å². The third kappa shape index (κ3) is 7.57. The molecule has 0 unspecified atom stereocenters. The molecule has 3 N–H and O–H groups in total. The summed E-state index contributed by atoms with van der Waals surface area (Å²) in [6.07, 6.45) is 3.19. The number of hydrogen-bond acceptors (Lipinski definition) is 6. The Balaban J connectivity index is 1.36. The van der Waals surface area contributed by atoms with E-state index in [1.807, 2.05) is 54.7 Å². The molecule has 2 amide bonds. The number of fused-ring (bicyclic) bond motifs is 1. The Kier molecular flexibility index (Phi) is 9.12. The van der Waals surface area contributed by atoms with Crippen LogP contribution in [0.1, 0.15) is 17.5 Å². The third-order valence-corrected chi connectivity index (χ3v) is 6.28. The van der Waals surface area contributed by atoms with Gasteiger partial charge in [0.05, 0.1) is 18.1 Å². The molecule has 10 nitrogen and oxygen atoms in total. The van der Waals surface area contributed by atoms with Crippen molar-refractivity contribution in [1.82, 2.24) is 15.6 Å². The molecule has 0 fully saturated rings. The number of nitro groups is 1. The number of carbonyl (C=O) groups excluding carboxylic acids is 2. The van der Waals surface area contributed by atoms with Gasteiger partial charge < -0.3 is 25.1 Å². The third-order valence-electron chi connectivity index (χ3n) is 6.28. The van der Waals surface area contributed by atoms with Crippen LogP contribution in [-0.4, -0.2) is 48.0 Å². The maximum atomic E-state index is 12.7. The number of benzene rings is 3. The van der Waals surface area contributed by atoms with Crippen LogP contribution >= 0.6 is 0 Å². The number of amides is 2. The summed E-state index contributed by atoms with van der Waals surface area (Å²) in [6.45, 7) is -0.0442. The lowest BCUT2D eigenvalue weighted by molar-refractivity contribution is -0.384. The van der Waals surface area contributed by atoms with Gasteiger partial charge in [0, 0.05) is 42.2 Å². The van der Waals surface area contributed by atoms with E-state index in [1.54, 1.807) is 7.11 Å². The molecule has 4 rings (SSSR count). The number of nitro benzene ring substituents is 1. The van der Waals surface area contributed by atoms with Crippen LogP contribution in [0.5, 0.6) is 11.5 Å². The Morgan fingerprint density at radius 1 is 0.974 bits per heavy atom. The molecular weight excluding hydrogens is 500 g/mol. The summed E-state index contributed by atoms with van der Waals surface area (Å²) in [5.74, 6) is 0.569. The molecule has 1 heterocycles. The van der Waals surface area contributed by atoms with Crippen LogP contribution < -0.4 is 20.1 Å². The number of H-pyrrole nitrogens is 1. The summed E-state index contributed by atoms with van der Waals surface area (Å²) in [6, 6.07) is 20.6. The number of methoxy groups -OCH3 is 1. The highest BCUT2D eigenvalue weighted by molar-refractivity contribution is 5.83. The van der Waals surface area contributed by atoms with Crippen LogP contribution in [0.25, 0.3) is 10.9 Å². The highest BCUT2D eigenvalue weighted by Gasteiger charge is 2.18. The van der Waals surface area contributed by atoms with Crippen molar-refractivity contribution in [2.45, 2.75) is 25.3 Å². The molecule has 0 aliphatic rings. The smallest absolute Gasteiger partial charge is 0.269 e. The van der Waals surface area contributed by atoms with Crippen LogP contribution in [0.15, 0.2) is 79.0 Å². The lowest BCUT2D eigenvalue weighted by Gasteiger charge is -2.20. The van der Waals surface area contributed by atoms with E-state index < -0.39 is 11.0 Å². The Bertz CT molecular complexity index is 1430. The minimum absolute atomic E-state index is 0.0629. The lowest BCUT2D eigenvalue weighted by atomic mass is 10.0. The molecule has 202 valence electrons. The average molecular weight is 531 g/mol. The van der Waals surface area contributed by atoms with Gasteiger partial charge in [0.2, 0.25) is 5.91 Å². The normalized spacial score (nSPS) is 11.5. The number of ether oxygens (including phenoxy) is 2. The summed E-state index contributed by atoms with van der Waals surface area (Å²) in [5, 5.41) is 17.8. The van der Waals surface area contributed by atoms with Crippen LogP contribution in [0.4, 0.5) is 5.69 Å². The number of aromatic nitrogens is 1. The fourth-order valence-corrected chi connectivity index (χ4v) is 4.31. The summed E-state index contributed by atoms with van der Waals surface area (Å²) in [5.41, 5.74) is 2.88. The van der Waals surface area contributed by atoms with Crippen molar-refractivity contribution < 1.29 is 24.0 Å².